The second-order valence-corrected chi connectivity index (χ2v) is 3.83. The van der Waals surface area contributed by atoms with Crippen LogP contribution >= 0.6 is 0 Å². The van der Waals surface area contributed by atoms with Crippen LogP contribution < -0.4 is 16.4 Å². The monoisotopic (exact) mass is 261 g/mol. The Bertz CT molecular complexity index is 617. The van der Waals surface area contributed by atoms with Crippen LogP contribution in [-0.4, -0.2) is 11.1 Å². The van der Waals surface area contributed by atoms with E-state index in [1.165, 1.54) is 36.4 Å². The van der Waals surface area contributed by atoms with Gasteiger partial charge in [0, 0.05) is 6.07 Å². The van der Waals surface area contributed by atoms with Gasteiger partial charge in [0.1, 0.15) is 11.6 Å². The Kier molecular flexibility index (Phi) is 3.51. The van der Waals surface area contributed by atoms with E-state index in [-0.39, 0.29) is 17.1 Å². The molecule has 2 amide bonds. The topological polar surface area (TPSA) is 87.4 Å². The number of amides is 2. The molecule has 2 rings (SSSR count). The van der Waals surface area contributed by atoms with E-state index in [2.05, 4.69) is 10.6 Å². The lowest BCUT2D eigenvalue weighted by Gasteiger charge is -2.10. The molecule has 19 heavy (non-hydrogen) atoms. The van der Waals surface area contributed by atoms with E-state index in [1.807, 2.05) is 0 Å². The SMILES string of the molecule is Nc1cc(O)ccc1NC(=O)Nc1ccccc1F. The normalized spacial score (nSPS) is 9.95. The van der Waals surface area contributed by atoms with Gasteiger partial charge in [-0.2, -0.15) is 0 Å². The summed E-state index contributed by atoms with van der Waals surface area (Å²) in [6, 6.07) is 9.32. The highest BCUT2D eigenvalue weighted by atomic mass is 19.1. The lowest BCUT2D eigenvalue weighted by atomic mass is 10.2. The van der Waals surface area contributed by atoms with Crippen LogP contribution in [0.5, 0.6) is 5.75 Å². The molecule has 0 heterocycles. The van der Waals surface area contributed by atoms with Crippen LogP contribution in [0.4, 0.5) is 26.2 Å². The van der Waals surface area contributed by atoms with Gasteiger partial charge in [0.05, 0.1) is 17.1 Å². The lowest BCUT2D eigenvalue weighted by Crippen LogP contribution is -2.20. The van der Waals surface area contributed by atoms with Gasteiger partial charge in [0.25, 0.3) is 0 Å². The number of carbonyl (C=O) groups is 1. The summed E-state index contributed by atoms with van der Waals surface area (Å²) < 4.78 is 13.3. The highest BCUT2D eigenvalue weighted by Gasteiger charge is 2.08. The summed E-state index contributed by atoms with van der Waals surface area (Å²) >= 11 is 0. The maximum atomic E-state index is 13.3. The zero-order chi connectivity index (χ0) is 13.8. The molecule has 0 bridgehead atoms. The van der Waals surface area contributed by atoms with Gasteiger partial charge in [0.2, 0.25) is 0 Å². The molecule has 0 radical (unpaired) electrons. The Morgan fingerprint density at radius 1 is 1.11 bits per heavy atom. The Labute approximate surface area is 108 Å². The molecule has 0 fully saturated rings. The number of benzene rings is 2. The number of halogens is 1. The number of aromatic hydroxyl groups is 1. The van der Waals surface area contributed by atoms with Crippen molar-refractivity contribution in [2.24, 2.45) is 0 Å². The van der Waals surface area contributed by atoms with Crippen LogP contribution in [0, 0.1) is 5.82 Å². The Hall–Kier alpha value is -2.76. The summed E-state index contributed by atoms with van der Waals surface area (Å²) in [5.41, 5.74) is 6.22. The van der Waals surface area contributed by atoms with Crippen molar-refractivity contribution in [2.45, 2.75) is 0 Å². The maximum absolute atomic E-state index is 13.3. The number of anilines is 3. The van der Waals surface area contributed by atoms with Crippen LogP contribution in [0.25, 0.3) is 0 Å². The van der Waals surface area contributed by atoms with Crippen molar-refractivity contribution in [2.75, 3.05) is 16.4 Å². The number of para-hydroxylation sites is 1. The molecule has 0 aromatic heterocycles. The molecule has 98 valence electrons. The van der Waals surface area contributed by atoms with Crippen molar-refractivity contribution in [3.05, 3.63) is 48.3 Å². The molecule has 0 aliphatic heterocycles. The lowest BCUT2D eigenvalue weighted by molar-refractivity contribution is 0.262. The van der Waals surface area contributed by atoms with Crippen LogP contribution in [-0.2, 0) is 0 Å². The highest BCUT2D eigenvalue weighted by molar-refractivity contribution is 6.01. The second-order valence-electron chi connectivity index (χ2n) is 3.83. The van der Waals surface area contributed by atoms with E-state index in [9.17, 15) is 14.3 Å². The van der Waals surface area contributed by atoms with Gasteiger partial charge < -0.3 is 21.5 Å². The van der Waals surface area contributed by atoms with Gasteiger partial charge in [-0.1, -0.05) is 12.1 Å². The first-order valence-electron chi connectivity index (χ1n) is 5.47. The standard InChI is InChI=1S/C13H12FN3O2/c14-9-3-1-2-4-11(9)16-13(19)17-12-6-5-8(18)7-10(12)15/h1-7,18H,15H2,(H2,16,17,19). The third-order valence-corrected chi connectivity index (χ3v) is 2.41. The predicted molar refractivity (Wildman–Crippen MR) is 71.6 cm³/mol. The number of phenols is 1. The summed E-state index contributed by atoms with van der Waals surface area (Å²) in [5, 5.41) is 14.0. The molecule has 0 unspecified atom stereocenters. The van der Waals surface area contributed by atoms with Crippen molar-refractivity contribution in [1.82, 2.24) is 0 Å². The van der Waals surface area contributed by atoms with Gasteiger partial charge in [0.15, 0.2) is 0 Å². The largest absolute Gasteiger partial charge is 0.508 e. The minimum absolute atomic E-state index is 0.00226. The second kappa shape index (κ2) is 5.26. The first-order valence-corrected chi connectivity index (χ1v) is 5.47. The average molecular weight is 261 g/mol. The van der Waals surface area contributed by atoms with E-state index in [0.717, 1.165) is 0 Å². The van der Waals surface area contributed by atoms with Gasteiger partial charge in [-0.15, -0.1) is 0 Å². The van der Waals surface area contributed by atoms with Crippen LogP contribution in [0.2, 0.25) is 0 Å². The first-order chi connectivity index (χ1) is 9.06. The number of carbonyl (C=O) groups excluding carboxylic acids is 1. The number of nitrogens with one attached hydrogen (secondary N) is 2. The molecule has 0 spiro atoms. The van der Waals surface area contributed by atoms with Crippen molar-refractivity contribution in [3.8, 4) is 5.75 Å². The molecule has 5 N–H and O–H groups in total. The molecule has 0 saturated heterocycles. The van der Waals surface area contributed by atoms with Crippen molar-refractivity contribution >= 4 is 23.1 Å². The van der Waals surface area contributed by atoms with E-state index < -0.39 is 11.8 Å². The summed E-state index contributed by atoms with van der Waals surface area (Å²) in [6.45, 7) is 0. The number of phenolic OH excluding ortho intramolecular Hbond substituents is 1. The molecule has 2 aromatic carbocycles. The van der Waals surface area contributed by atoms with Crippen molar-refractivity contribution < 1.29 is 14.3 Å². The van der Waals surface area contributed by atoms with E-state index in [1.54, 1.807) is 6.07 Å². The average Bonchev–Trinajstić information content (AvgIpc) is 2.36. The molecule has 0 aliphatic carbocycles. The Balaban J connectivity index is 2.08. The molecule has 2 aromatic rings. The number of nitrogens with two attached hydrogens (primary N) is 1. The summed E-state index contributed by atoms with van der Waals surface area (Å²) in [6.07, 6.45) is 0. The number of nitrogen functional groups attached to an aromatic ring is 1. The number of hydrogen-bond acceptors (Lipinski definition) is 3. The van der Waals surface area contributed by atoms with Gasteiger partial charge in [-0.25, -0.2) is 9.18 Å². The minimum atomic E-state index is -0.623. The van der Waals surface area contributed by atoms with E-state index in [4.69, 9.17) is 5.73 Å². The van der Waals surface area contributed by atoms with E-state index >= 15 is 0 Å². The minimum Gasteiger partial charge on any atom is -0.508 e. The molecule has 0 saturated carbocycles. The number of rotatable bonds is 2. The Morgan fingerprint density at radius 3 is 2.47 bits per heavy atom. The third-order valence-electron chi connectivity index (χ3n) is 2.41. The molecule has 0 aliphatic rings. The van der Waals surface area contributed by atoms with Gasteiger partial charge >= 0.3 is 6.03 Å². The summed E-state index contributed by atoms with van der Waals surface area (Å²) in [7, 11) is 0. The fourth-order valence-electron chi connectivity index (χ4n) is 1.50. The maximum Gasteiger partial charge on any atom is 0.323 e. The van der Waals surface area contributed by atoms with Crippen LogP contribution in [0.15, 0.2) is 42.5 Å². The fraction of sp³-hybridized carbons (Fsp3) is 0. The zero-order valence-electron chi connectivity index (χ0n) is 9.85. The van der Waals surface area contributed by atoms with Crippen LogP contribution in [0.3, 0.4) is 0 Å². The number of hydrogen-bond donors (Lipinski definition) is 4. The number of urea groups is 1. The predicted octanol–water partition coefficient (Wildman–Crippen LogP) is 2.76. The van der Waals surface area contributed by atoms with Gasteiger partial charge in [-0.3, -0.25) is 0 Å². The molecule has 6 heteroatoms. The first kappa shape index (κ1) is 12.7. The summed E-state index contributed by atoms with van der Waals surface area (Å²) in [4.78, 5) is 11.7. The zero-order valence-corrected chi connectivity index (χ0v) is 9.85. The molecular formula is C13H12FN3O2. The van der Waals surface area contributed by atoms with Gasteiger partial charge in [-0.05, 0) is 24.3 Å². The smallest absolute Gasteiger partial charge is 0.323 e. The summed E-state index contributed by atoms with van der Waals surface area (Å²) in [5.74, 6) is -0.533. The van der Waals surface area contributed by atoms with Crippen LogP contribution in [0.1, 0.15) is 0 Å². The van der Waals surface area contributed by atoms with Crippen molar-refractivity contribution in [1.29, 1.82) is 0 Å². The molecular weight excluding hydrogens is 249 g/mol. The Morgan fingerprint density at radius 2 is 1.79 bits per heavy atom. The molecule has 0 atom stereocenters. The third kappa shape index (κ3) is 3.12. The van der Waals surface area contributed by atoms with Crippen molar-refractivity contribution in [3.63, 3.8) is 0 Å². The fourth-order valence-corrected chi connectivity index (χ4v) is 1.50. The van der Waals surface area contributed by atoms with E-state index in [0.29, 0.717) is 5.69 Å². The molecule has 5 nitrogen and oxygen atoms in total. The highest BCUT2D eigenvalue weighted by Crippen LogP contribution is 2.23. The quantitative estimate of drug-likeness (QED) is 0.495.